The summed E-state index contributed by atoms with van der Waals surface area (Å²) in [4.78, 5) is 1.61. The van der Waals surface area contributed by atoms with Crippen LogP contribution >= 0.6 is 11.3 Å². The number of rotatable bonds is 6. The Balaban J connectivity index is 1.94. The smallest absolute Gasteiger partial charge is 0.263 e. The second kappa shape index (κ2) is 6.89. The van der Waals surface area contributed by atoms with Crippen LogP contribution in [-0.2, 0) is 10.0 Å². The van der Waals surface area contributed by atoms with Gasteiger partial charge in [-0.05, 0) is 39.0 Å². The topological polar surface area (TPSA) is 81.4 Å². The first kappa shape index (κ1) is 17.5. The zero-order valence-electron chi connectivity index (χ0n) is 14.1. The Bertz CT molecular complexity index is 990. The molecule has 0 radical (unpaired) electrons. The molecule has 0 amide bonds. The van der Waals surface area contributed by atoms with Crippen LogP contribution in [0.4, 0.5) is 5.69 Å². The number of nitrogens with zero attached hydrogens (tertiary/aromatic N) is 1. The third kappa shape index (κ3) is 3.69. The lowest BCUT2D eigenvalue weighted by molar-refractivity contribution is 0.342. The van der Waals surface area contributed by atoms with Gasteiger partial charge in [-0.2, -0.15) is 0 Å². The summed E-state index contributed by atoms with van der Waals surface area (Å²) in [7, 11) is -3.75. The van der Waals surface area contributed by atoms with Gasteiger partial charge in [0.25, 0.3) is 10.0 Å². The molecule has 1 N–H and O–H groups in total. The highest BCUT2D eigenvalue weighted by Crippen LogP contribution is 2.35. The minimum absolute atomic E-state index is 0.216. The van der Waals surface area contributed by atoms with Gasteiger partial charge in [0.1, 0.15) is 10.6 Å². The van der Waals surface area contributed by atoms with Crippen molar-refractivity contribution in [3.05, 3.63) is 47.0 Å². The Hall–Kier alpha value is -2.32. The first-order valence-corrected chi connectivity index (χ1v) is 9.99. The van der Waals surface area contributed by atoms with E-state index in [1.54, 1.807) is 43.3 Å². The monoisotopic (exact) mass is 378 g/mol. The number of hydrogen-bond donors (Lipinski definition) is 1. The van der Waals surface area contributed by atoms with Crippen LogP contribution in [0.5, 0.6) is 5.75 Å². The molecule has 132 valence electrons. The van der Waals surface area contributed by atoms with E-state index in [1.165, 1.54) is 11.3 Å². The Kier molecular flexibility index (Phi) is 4.82. The molecule has 3 aromatic rings. The van der Waals surface area contributed by atoms with Gasteiger partial charge in [-0.3, -0.25) is 4.72 Å². The van der Waals surface area contributed by atoms with Gasteiger partial charge in [-0.25, -0.2) is 8.42 Å². The standard InChI is InChI=1S/C17H18N2O4S2/c1-4-22-14-8-6-5-7-13(14)19-25(20,21)17-10-16(24-12(17)3)15-9-11(2)18-23-15/h5-10,19H,4H2,1-3H3. The number of para-hydroxylation sites is 2. The number of anilines is 1. The number of hydrogen-bond acceptors (Lipinski definition) is 6. The molecule has 2 aromatic heterocycles. The van der Waals surface area contributed by atoms with Crippen LogP contribution in [0.1, 0.15) is 17.5 Å². The van der Waals surface area contributed by atoms with E-state index in [9.17, 15) is 8.42 Å². The number of ether oxygens (including phenoxy) is 1. The van der Waals surface area contributed by atoms with E-state index in [0.717, 1.165) is 10.6 Å². The van der Waals surface area contributed by atoms with Crippen molar-refractivity contribution in [2.45, 2.75) is 25.7 Å². The molecule has 0 atom stereocenters. The van der Waals surface area contributed by atoms with Crippen LogP contribution in [0.15, 0.2) is 45.8 Å². The molecule has 0 saturated heterocycles. The summed E-state index contributed by atoms with van der Waals surface area (Å²) in [5.41, 5.74) is 1.15. The molecule has 3 rings (SSSR count). The summed E-state index contributed by atoms with van der Waals surface area (Å²) < 4.78 is 39.0. The van der Waals surface area contributed by atoms with Gasteiger partial charge in [-0.1, -0.05) is 17.3 Å². The van der Waals surface area contributed by atoms with Gasteiger partial charge < -0.3 is 9.26 Å². The van der Waals surface area contributed by atoms with Gasteiger partial charge in [0, 0.05) is 10.9 Å². The van der Waals surface area contributed by atoms with Crippen molar-refractivity contribution in [1.82, 2.24) is 5.16 Å². The summed E-state index contributed by atoms with van der Waals surface area (Å²) in [6.07, 6.45) is 0. The van der Waals surface area contributed by atoms with Gasteiger partial charge in [-0.15, -0.1) is 11.3 Å². The van der Waals surface area contributed by atoms with Gasteiger partial charge in [0.15, 0.2) is 5.76 Å². The molecule has 0 aliphatic heterocycles. The van der Waals surface area contributed by atoms with Crippen molar-refractivity contribution < 1.29 is 17.7 Å². The molecule has 8 heteroatoms. The summed E-state index contributed by atoms with van der Waals surface area (Å²) >= 11 is 1.35. The quantitative estimate of drug-likeness (QED) is 0.694. The SMILES string of the molecule is CCOc1ccccc1NS(=O)(=O)c1cc(-c2cc(C)no2)sc1C. The fourth-order valence-electron chi connectivity index (χ4n) is 2.37. The number of sulfonamides is 1. The minimum Gasteiger partial charge on any atom is -0.492 e. The number of nitrogens with one attached hydrogen (secondary N) is 1. The summed E-state index contributed by atoms with van der Waals surface area (Å²) in [6.45, 7) is 5.88. The van der Waals surface area contributed by atoms with Crippen LogP contribution in [0.3, 0.4) is 0 Å². The van der Waals surface area contributed by atoms with Crippen molar-refractivity contribution >= 4 is 27.0 Å². The van der Waals surface area contributed by atoms with Gasteiger partial charge in [0.2, 0.25) is 0 Å². The highest BCUT2D eigenvalue weighted by molar-refractivity contribution is 7.93. The molecule has 6 nitrogen and oxygen atoms in total. The first-order valence-electron chi connectivity index (χ1n) is 7.69. The van der Waals surface area contributed by atoms with Crippen LogP contribution in [0.25, 0.3) is 10.6 Å². The summed E-state index contributed by atoms with van der Waals surface area (Å²) in [6, 6.07) is 10.3. The van der Waals surface area contributed by atoms with Crippen LogP contribution in [0.2, 0.25) is 0 Å². The van der Waals surface area contributed by atoms with Crippen molar-refractivity contribution in [3.63, 3.8) is 0 Å². The summed E-state index contributed by atoms with van der Waals surface area (Å²) in [5, 5.41) is 3.84. The lowest BCUT2D eigenvalue weighted by Gasteiger charge is -2.12. The van der Waals surface area contributed by atoms with Crippen molar-refractivity contribution in [3.8, 4) is 16.4 Å². The van der Waals surface area contributed by atoms with Crippen molar-refractivity contribution in [1.29, 1.82) is 0 Å². The van der Waals surface area contributed by atoms with Crippen LogP contribution in [-0.4, -0.2) is 20.2 Å². The molecular weight excluding hydrogens is 360 g/mol. The number of aryl methyl sites for hydroxylation is 2. The molecule has 1 aromatic carbocycles. The molecule has 0 saturated carbocycles. The third-order valence-electron chi connectivity index (χ3n) is 3.46. The van der Waals surface area contributed by atoms with E-state index in [4.69, 9.17) is 9.26 Å². The average molecular weight is 378 g/mol. The molecule has 0 aliphatic rings. The second-order valence-electron chi connectivity index (χ2n) is 5.40. The molecule has 0 aliphatic carbocycles. The highest BCUT2D eigenvalue weighted by Gasteiger charge is 2.23. The molecule has 0 fully saturated rings. The van der Waals surface area contributed by atoms with E-state index < -0.39 is 10.0 Å². The second-order valence-corrected chi connectivity index (χ2v) is 8.31. The predicted molar refractivity (Wildman–Crippen MR) is 97.7 cm³/mol. The minimum atomic E-state index is -3.75. The van der Waals surface area contributed by atoms with Crippen LogP contribution in [0, 0.1) is 13.8 Å². The number of benzene rings is 1. The largest absolute Gasteiger partial charge is 0.492 e. The third-order valence-corrected chi connectivity index (χ3v) is 6.15. The Labute approximate surface area is 150 Å². The molecule has 25 heavy (non-hydrogen) atoms. The Morgan fingerprint density at radius 1 is 1.24 bits per heavy atom. The van der Waals surface area contributed by atoms with E-state index in [1.807, 2.05) is 13.8 Å². The normalized spacial score (nSPS) is 11.5. The molecule has 0 spiro atoms. The first-order chi connectivity index (χ1) is 11.9. The Morgan fingerprint density at radius 2 is 2.00 bits per heavy atom. The van der Waals surface area contributed by atoms with E-state index in [-0.39, 0.29) is 4.90 Å². The molecule has 0 unspecified atom stereocenters. The Morgan fingerprint density at radius 3 is 2.68 bits per heavy atom. The number of thiophene rings is 1. The van der Waals surface area contributed by atoms with E-state index in [2.05, 4.69) is 9.88 Å². The van der Waals surface area contributed by atoms with Crippen molar-refractivity contribution in [2.24, 2.45) is 0 Å². The fraction of sp³-hybridized carbons (Fsp3) is 0.235. The van der Waals surface area contributed by atoms with Gasteiger partial charge >= 0.3 is 0 Å². The predicted octanol–water partition coefficient (Wildman–Crippen LogP) is 4.22. The maximum Gasteiger partial charge on any atom is 0.263 e. The fourth-order valence-corrected chi connectivity index (χ4v) is 4.98. The maximum atomic E-state index is 12.8. The van der Waals surface area contributed by atoms with Crippen molar-refractivity contribution in [2.75, 3.05) is 11.3 Å². The molecule has 2 heterocycles. The summed E-state index contributed by atoms with van der Waals surface area (Å²) in [5.74, 6) is 1.05. The lowest BCUT2D eigenvalue weighted by Crippen LogP contribution is -2.14. The van der Waals surface area contributed by atoms with Crippen LogP contribution < -0.4 is 9.46 Å². The van der Waals surface area contributed by atoms with E-state index in [0.29, 0.717) is 28.7 Å². The molecular formula is C17H18N2O4S2. The average Bonchev–Trinajstić information content (AvgIpc) is 3.15. The molecule has 0 bridgehead atoms. The van der Waals surface area contributed by atoms with Gasteiger partial charge in [0.05, 0.1) is 22.9 Å². The lowest BCUT2D eigenvalue weighted by atomic mass is 10.3. The maximum absolute atomic E-state index is 12.8. The zero-order chi connectivity index (χ0) is 18.0. The zero-order valence-corrected chi connectivity index (χ0v) is 15.7. The highest BCUT2D eigenvalue weighted by atomic mass is 32.2. The number of aromatic nitrogens is 1. The van der Waals surface area contributed by atoms with E-state index >= 15 is 0 Å².